The smallest absolute Gasteiger partial charge is 0.405 e. The average molecular weight is 453 g/mol. The van der Waals surface area contributed by atoms with E-state index in [1.54, 1.807) is 24.7 Å². The summed E-state index contributed by atoms with van der Waals surface area (Å²) in [4.78, 5) is 41.4. The van der Waals surface area contributed by atoms with E-state index < -0.39 is 36.1 Å². The van der Waals surface area contributed by atoms with Crippen molar-refractivity contribution in [1.82, 2.24) is 20.6 Å². The number of halogens is 3. The minimum atomic E-state index is -4.54. The molecule has 1 aromatic heterocycles. The fraction of sp³-hybridized carbons (Fsp3) is 0.474. The Morgan fingerprint density at radius 3 is 2.78 bits per heavy atom. The van der Waals surface area contributed by atoms with E-state index in [1.807, 2.05) is 6.92 Å². The molecule has 0 spiro atoms. The molecule has 2 unspecified atom stereocenters. The van der Waals surface area contributed by atoms with Crippen molar-refractivity contribution in [3.63, 3.8) is 0 Å². The molecule has 2 aliphatic rings. The highest BCUT2D eigenvalue weighted by Gasteiger charge is 2.43. The molecular formula is C19H22F3N7O3. The normalized spacial score (nSPS) is 22.4. The Bertz CT molecular complexity index is 993. The van der Waals surface area contributed by atoms with Crippen molar-refractivity contribution in [3.05, 3.63) is 23.8 Å². The Balaban J connectivity index is 1.89. The maximum Gasteiger partial charge on any atom is 0.405 e. The molecule has 3 N–H and O–H groups in total. The summed E-state index contributed by atoms with van der Waals surface area (Å²) in [5, 5.41) is 7.60. The van der Waals surface area contributed by atoms with Gasteiger partial charge < -0.3 is 20.7 Å². The van der Waals surface area contributed by atoms with Gasteiger partial charge in [0.25, 0.3) is 0 Å². The second-order valence-corrected chi connectivity index (χ2v) is 7.33. The Kier molecular flexibility index (Phi) is 6.46. The molecule has 3 rings (SSSR count). The van der Waals surface area contributed by atoms with Crippen molar-refractivity contribution in [2.24, 2.45) is 15.4 Å². The number of aliphatic imine (C=N–C) groups is 2. The van der Waals surface area contributed by atoms with Crippen LogP contribution in [0.25, 0.3) is 5.57 Å². The van der Waals surface area contributed by atoms with E-state index in [0.29, 0.717) is 5.57 Å². The predicted octanol–water partition coefficient (Wildman–Crippen LogP) is 1.52. The SMILES string of the molecule is CCOC(=O)c1cc(N[C@@H](C)C(=O)NCC(F)(F)F)nc(C2=CNC3N=CN=CC23C)n1. The molecular weight excluding hydrogens is 431 g/mol. The second-order valence-electron chi connectivity index (χ2n) is 7.33. The van der Waals surface area contributed by atoms with Crippen LogP contribution >= 0.6 is 0 Å². The molecule has 3 atom stereocenters. The van der Waals surface area contributed by atoms with E-state index in [9.17, 15) is 22.8 Å². The molecule has 0 aliphatic carbocycles. The number of rotatable bonds is 7. The molecule has 3 heterocycles. The topological polar surface area (TPSA) is 130 Å². The van der Waals surface area contributed by atoms with Gasteiger partial charge in [-0.2, -0.15) is 13.2 Å². The number of nitrogens with zero attached hydrogens (tertiary/aromatic N) is 4. The number of amides is 1. The summed E-state index contributed by atoms with van der Waals surface area (Å²) in [6, 6.07) is 0.195. The molecule has 0 aromatic carbocycles. The lowest BCUT2D eigenvalue weighted by molar-refractivity contribution is -0.138. The van der Waals surface area contributed by atoms with Gasteiger partial charge in [0.15, 0.2) is 11.5 Å². The number of aromatic nitrogens is 2. The van der Waals surface area contributed by atoms with Crippen molar-refractivity contribution in [2.75, 3.05) is 18.5 Å². The highest BCUT2D eigenvalue weighted by atomic mass is 19.4. The van der Waals surface area contributed by atoms with Crippen LogP contribution in [0.4, 0.5) is 19.0 Å². The molecule has 0 radical (unpaired) electrons. The van der Waals surface area contributed by atoms with E-state index in [4.69, 9.17) is 4.74 Å². The highest BCUT2D eigenvalue weighted by molar-refractivity contribution is 5.94. The van der Waals surface area contributed by atoms with E-state index in [0.717, 1.165) is 0 Å². The second kappa shape index (κ2) is 8.93. The molecule has 1 amide bonds. The van der Waals surface area contributed by atoms with E-state index in [-0.39, 0.29) is 30.1 Å². The number of alkyl halides is 3. The number of hydrogen-bond acceptors (Lipinski definition) is 9. The molecule has 2 aliphatic heterocycles. The first kappa shape index (κ1) is 23.2. The Morgan fingerprint density at radius 1 is 1.34 bits per heavy atom. The summed E-state index contributed by atoms with van der Waals surface area (Å²) in [7, 11) is 0. The van der Waals surface area contributed by atoms with Gasteiger partial charge in [0.05, 0.1) is 12.0 Å². The summed E-state index contributed by atoms with van der Waals surface area (Å²) in [5.41, 5.74) is -0.187. The summed E-state index contributed by atoms with van der Waals surface area (Å²) < 4.78 is 42.1. The molecule has 32 heavy (non-hydrogen) atoms. The molecule has 13 heteroatoms. The Hall–Kier alpha value is -3.51. The number of anilines is 1. The van der Waals surface area contributed by atoms with Gasteiger partial charge >= 0.3 is 12.1 Å². The largest absolute Gasteiger partial charge is 0.461 e. The Morgan fingerprint density at radius 2 is 2.09 bits per heavy atom. The standard InChI is InChI=1S/C19H22F3N7O3/c1-4-32-16(31)12-5-13(27-10(2)15(30)25-8-19(20,21)22)29-14(28-12)11-6-24-17-18(11,3)7-23-9-26-17/h5-7,9-10,17,24H,4,8H2,1-3H3,(H,25,30)(H,27,28,29)/t10-,17?,18?/m0/s1. The van der Waals surface area contributed by atoms with Gasteiger partial charge in [0.1, 0.15) is 30.9 Å². The third-order valence-electron chi connectivity index (χ3n) is 4.83. The van der Waals surface area contributed by atoms with Crippen molar-refractivity contribution >= 4 is 35.8 Å². The number of ether oxygens (including phenoxy) is 1. The van der Waals surface area contributed by atoms with Gasteiger partial charge in [-0.1, -0.05) is 0 Å². The van der Waals surface area contributed by atoms with Crippen LogP contribution in [0.5, 0.6) is 0 Å². The van der Waals surface area contributed by atoms with E-state index >= 15 is 0 Å². The molecule has 1 aromatic rings. The van der Waals surface area contributed by atoms with Crippen molar-refractivity contribution in [1.29, 1.82) is 0 Å². The molecule has 0 saturated carbocycles. The third-order valence-corrected chi connectivity index (χ3v) is 4.83. The number of carbonyl (C=O) groups excluding carboxylic acids is 2. The first-order valence-electron chi connectivity index (χ1n) is 9.73. The summed E-state index contributed by atoms with van der Waals surface area (Å²) in [6.07, 6.45) is -0.120. The zero-order valence-corrected chi connectivity index (χ0v) is 17.5. The molecule has 0 saturated heterocycles. The fourth-order valence-electron chi connectivity index (χ4n) is 3.15. The van der Waals surface area contributed by atoms with Gasteiger partial charge in [-0.3, -0.25) is 4.79 Å². The van der Waals surface area contributed by atoms with E-state index in [2.05, 4.69) is 30.6 Å². The maximum absolute atomic E-state index is 12.4. The van der Waals surface area contributed by atoms with Crippen LogP contribution in [0.3, 0.4) is 0 Å². The predicted molar refractivity (Wildman–Crippen MR) is 110 cm³/mol. The summed E-state index contributed by atoms with van der Waals surface area (Å²) in [5.74, 6) is -1.38. The van der Waals surface area contributed by atoms with Crippen LogP contribution in [0, 0.1) is 5.41 Å². The molecule has 0 fully saturated rings. The van der Waals surface area contributed by atoms with E-state index in [1.165, 1.54) is 19.3 Å². The van der Waals surface area contributed by atoms with Gasteiger partial charge in [-0.25, -0.2) is 24.7 Å². The number of esters is 1. The lowest BCUT2D eigenvalue weighted by Gasteiger charge is -2.28. The number of hydrogen-bond donors (Lipinski definition) is 3. The van der Waals surface area contributed by atoms with Gasteiger partial charge in [-0.05, 0) is 20.8 Å². The first-order chi connectivity index (χ1) is 15.0. The van der Waals surface area contributed by atoms with Crippen molar-refractivity contribution in [2.45, 2.75) is 39.2 Å². The third kappa shape index (κ3) is 5.03. The highest BCUT2D eigenvalue weighted by Crippen LogP contribution is 2.40. The zero-order valence-electron chi connectivity index (χ0n) is 17.5. The number of carbonyl (C=O) groups is 2. The van der Waals surface area contributed by atoms with Crippen molar-refractivity contribution < 1.29 is 27.5 Å². The fourth-order valence-corrected chi connectivity index (χ4v) is 3.15. The van der Waals surface area contributed by atoms with Crippen LogP contribution in [0.2, 0.25) is 0 Å². The van der Waals surface area contributed by atoms with Gasteiger partial charge in [-0.15, -0.1) is 0 Å². The quantitative estimate of drug-likeness (QED) is 0.534. The molecule has 10 nitrogen and oxygen atoms in total. The number of fused-ring (bicyclic) bond motifs is 1. The zero-order chi connectivity index (χ0) is 23.5. The molecule has 0 bridgehead atoms. The van der Waals surface area contributed by atoms with Crippen LogP contribution in [0.1, 0.15) is 37.1 Å². The van der Waals surface area contributed by atoms with Gasteiger partial charge in [0, 0.05) is 24.1 Å². The van der Waals surface area contributed by atoms with Crippen molar-refractivity contribution in [3.8, 4) is 0 Å². The van der Waals surface area contributed by atoms with Crippen LogP contribution < -0.4 is 16.0 Å². The lowest BCUT2D eigenvalue weighted by atomic mass is 9.82. The lowest BCUT2D eigenvalue weighted by Crippen LogP contribution is -2.42. The minimum absolute atomic E-state index is 0.0666. The monoisotopic (exact) mass is 453 g/mol. The van der Waals surface area contributed by atoms with Gasteiger partial charge in [0.2, 0.25) is 5.91 Å². The first-order valence-corrected chi connectivity index (χ1v) is 9.73. The summed E-state index contributed by atoms with van der Waals surface area (Å²) >= 11 is 0. The average Bonchev–Trinajstić information content (AvgIpc) is 3.08. The summed E-state index contributed by atoms with van der Waals surface area (Å²) in [6.45, 7) is 3.53. The minimum Gasteiger partial charge on any atom is -0.461 e. The molecule has 172 valence electrons. The van der Waals surface area contributed by atoms with Crippen LogP contribution in [-0.2, 0) is 9.53 Å². The maximum atomic E-state index is 12.4. The number of nitrogens with one attached hydrogen (secondary N) is 3. The Labute approximate surface area is 181 Å². The van der Waals surface area contributed by atoms with Crippen LogP contribution in [0.15, 0.2) is 22.3 Å². The van der Waals surface area contributed by atoms with Crippen LogP contribution in [-0.4, -0.2) is 65.9 Å².